The second-order valence-corrected chi connectivity index (χ2v) is 7.26. The maximum atomic E-state index is 13.2. The van der Waals surface area contributed by atoms with Gasteiger partial charge in [-0.3, -0.25) is 4.79 Å². The van der Waals surface area contributed by atoms with Gasteiger partial charge in [0.25, 0.3) is 0 Å². The normalized spacial score (nSPS) is 18.2. The van der Waals surface area contributed by atoms with Crippen LogP contribution in [0.3, 0.4) is 0 Å². The molecule has 2 heterocycles. The van der Waals surface area contributed by atoms with Crippen LogP contribution >= 0.6 is 0 Å². The van der Waals surface area contributed by atoms with Crippen LogP contribution in [-0.2, 0) is 4.79 Å². The van der Waals surface area contributed by atoms with Crippen LogP contribution in [-0.4, -0.2) is 36.6 Å². The Morgan fingerprint density at radius 3 is 2.72 bits per heavy atom. The Labute approximate surface area is 172 Å². The average molecular weight is 395 g/mol. The van der Waals surface area contributed by atoms with Gasteiger partial charge < -0.3 is 21.4 Å². The molecule has 1 aromatic carbocycles. The number of carbonyl (C=O) groups is 1. The van der Waals surface area contributed by atoms with Crippen molar-refractivity contribution < 1.29 is 4.79 Å². The van der Waals surface area contributed by atoms with Crippen LogP contribution in [0.15, 0.2) is 52.5 Å². The third-order valence-corrected chi connectivity index (χ3v) is 5.03. The summed E-state index contributed by atoms with van der Waals surface area (Å²) in [6.45, 7) is 6.49. The van der Waals surface area contributed by atoms with E-state index in [-0.39, 0.29) is 12.1 Å². The van der Waals surface area contributed by atoms with Gasteiger partial charge in [0, 0.05) is 37.3 Å². The number of dihydropyridines is 1. The van der Waals surface area contributed by atoms with E-state index in [0.717, 1.165) is 60.4 Å². The van der Waals surface area contributed by atoms with Gasteiger partial charge in [0.1, 0.15) is 6.17 Å². The topological polar surface area (TPSA) is 95.1 Å². The van der Waals surface area contributed by atoms with Gasteiger partial charge >= 0.3 is 0 Å². The molecule has 1 atom stereocenters. The van der Waals surface area contributed by atoms with E-state index in [2.05, 4.69) is 59.1 Å². The molecule has 4 N–H and O–H groups in total. The van der Waals surface area contributed by atoms with Crippen LogP contribution in [0.25, 0.3) is 11.6 Å². The lowest BCUT2D eigenvalue weighted by Gasteiger charge is -2.23. The summed E-state index contributed by atoms with van der Waals surface area (Å²) in [5, 5.41) is 14.1. The number of amides is 1. The largest absolute Gasteiger partial charge is 0.387 e. The predicted molar refractivity (Wildman–Crippen MR) is 118 cm³/mol. The fourth-order valence-corrected chi connectivity index (χ4v) is 3.70. The van der Waals surface area contributed by atoms with Gasteiger partial charge in [0.05, 0.1) is 0 Å². The van der Waals surface area contributed by atoms with E-state index in [1.807, 2.05) is 23.2 Å². The van der Waals surface area contributed by atoms with Crippen LogP contribution < -0.4 is 16.5 Å². The van der Waals surface area contributed by atoms with Crippen molar-refractivity contribution in [2.45, 2.75) is 39.3 Å². The predicted octanol–water partition coefficient (Wildman–Crippen LogP) is 3.69. The number of anilines is 1. The second kappa shape index (κ2) is 9.91. The van der Waals surface area contributed by atoms with E-state index in [0.29, 0.717) is 6.42 Å². The quantitative estimate of drug-likeness (QED) is 0.373. The average Bonchev–Trinajstić information content (AvgIpc) is 2.92. The lowest BCUT2D eigenvalue weighted by molar-refractivity contribution is -0.127. The molecule has 0 aromatic heterocycles. The summed E-state index contributed by atoms with van der Waals surface area (Å²) in [6, 6.07) is 6.23. The first kappa shape index (κ1) is 20.6. The molecular weight excluding hydrogens is 364 g/mol. The summed E-state index contributed by atoms with van der Waals surface area (Å²) in [7, 11) is 0. The molecule has 0 saturated heterocycles. The van der Waals surface area contributed by atoms with Gasteiger partial charge in [-0.15, -0.1) is 5.11 Å². The Bertz CT molecular complexity index is 849. The number of nitrogens with two attached hydrogens (primary N) is 1. The number of nitrogens with zero attached hydrogens (tertiary/aromatic N) is 3. The van der Waals surface area contributed by atoms with Crippen LogP contribution in [0, 0.1) is 0 Å². The molecule has 7 nitrogen and oxygen atoms in total. The lowest BCUT2D eigenvalue weighted by Crippen LogP contribution is -2.34. The smallest absolute Gasteiger partial charge is 0.249 e. The van der Waals surface area contributed by atoms with Crippen molar-refractivity contribution in [3.63, 3.8) is 0 Å². The minimum absolute atomic E-state index is 0.0636. The number of hydrogen-bond donors (Lipinski definition) is 3. The van der Waals surface area contributed by atoms with E-state index >= 15 is 0 Å². The number of nitrogens with one attached hydrogen (secondary N) is 2. The zero-order valence-electron chi connectivity index (χ0n) is 17.2. The van der Waals surface area contributed by atoms with Crippen LogP contribution in [0.4, 0.5) is 5.69 Å². The van der Waals surface area contributed by atoms with Crippen molar-refractivity contribution in [3.8, 4) is 0 Å². The SMILES string of the molecule is CCCN(CCC)C(=O)C1=Cc2ccc(C3=CCNC=C3)cc2NC(N=NN)C1. The van der Waals surface area contributed by atoms with Crippen LogP contribution in [0.1, 0.15) is 44.2 Å². The molecule has 1 amide bonds. The molecule has 0 aliphatic carbocycles. The maximum Gasteiger partial charge on any atom is 0.249 e. The molecule has 0 saturated carbocycles. The molecule has 154 valence electrons. The van der Waals surface area contributed by atoms with Gasteiger partial charge in [-0.1, -0.05) is 37.3 Å². The van der Waals surface area contributed by atoms with Crippen LogP contribution in [0.5, 0.6) is 0 Å². The standard InChI is InChI=1S/C22H30N6O/c1-3-11-28(12-4-2)22(29)19-13-18-6-5-17(16-7-9-24-10-8-16)14-20(18)25-21(15-19)26-27-23/h5-9,13-14,21,24-25H,3-4,10-12,15H2,1-2H3,(H2,23,26). The molecule has 0 radical (unpaired) electrons. The van der Waals surface area contributed by atoms with E-state index < -0.39 is 0 Å². The van der Waals surface area contributed by atoms with Gasteiger partial charge in [-0.2, -0.15) is 0 Å². The lowest BCUT2D eigenvalue weighted by atomic mass is 10.00. The first-order valence-corrected chi connectivity index (χ1v) is 10.3. The highest BCUT2D eigenvalue weighted by molar-refractivity contribution is 5.99. The molecule has 0 fully saturated rings. The summed E-state index contributed by atoms with van der Waals surface area (Å²) in [5.41, 5.74) is 4.89. The molecule has 3 rings (SSSR count). The Balaban J connectivity index is 1.96. The molecule has 0 spiro atoms. The van der Waals surface area contributed by atoms with E-state index in [1.54, 1.807) is 0 Å². The zero-order valence-corrected chi connectivity index (χ0v) is 17.2. The highest BCUT2D eigenvalue weighted by Crippen LogP contribution is 2.31. The van der Waals surface area contributed by atoms with Gasteiger partial charge in [-0.05, 0) is 54.0 Å². The van der Waals surface area contributed by atoms with Crippen molar-refractivity contribution >= 4 is 23.2 Å². The van der Waals surface area contributed by atoms with E-state index in [1.165, 1.54) is 0 Å². The monoisotopic (exact) mass is 394 g/mol. The first-order chi connectivity index (χ1) is 14.2. The molecule has 1 aromatic rings. The Hall–Kier alpha value is -3.09. The van der Waals surface area contributed by atoms with Gasteiger partial charge in [0.15, 0.2) is 0 Å². The first-order valence-electron chi connectivity index (χ1n) is 10.3. The Morgan fingerprint density at radius 2 is 2.07 bits per heavy atom. The zero-order chi connectivity index (χ0) is 20.6. The number of carbonyl (C=O) groups excluding carboxylic acids is 1. The summed E-state index contributed by atoms with van der Waals surface area (Å²) in [6.07, 6.45) is 10.1. The fourth-order valence-electron chi connectivity index (χ4n) is 3.70. The number of benzene rings is 1. The minimum atomic E-state index is -0.380. The Kier molecular flexibility index (Phi) is 7.05. The highest BCUT2D eigenvalue weighted by atomic mass is 16.2. The molecular formula is C22H30N6O. The summed E-state index contributed by atoms with van der Waals surface area (Å²) < 4.78 is 0. The molecule has 2 aliphatic heterocycles. The summed E-state index contributed by atoms with van der Waals surface area (Å²) in [4.78, 5) is 15.1. The summed E-state index contributed by atoms with van der Waals surface area (Å²) in [5.74, 6) is 5.40. The molecule has 2 aliphatic rings. The second-order valence-electron chi connectivity index (χ2n) is 7.26. The highest BCUT2D eigenvalue weighted by Gasteiger charge is 2.24. The van der Waals surface area contributed by atoms with E-state index in [9.17, 15) is 4.79 Å². The number of hydrogen-bond acceptors (Lipinski definition) is 5. The minimum Gasteiger partial charge on any atom is -0.387 e. The third kappa shape index (κ3) is 5.04. The summed E-state index contributed by atoms with van der Waals surface area (Å²) >= 11 is 0. The fraction of sp³-hybridized carbons (Fsp3) is 0.409. The van der Waals surface area contributed by atoms with Crippen LogP contribution in [0.2, 0.25) is 0 Å². The Morgan fingerprint density at radius 1 is 1.28 bits per heavy atom. The van der Waals surface area contributed by atoms with E-state index in [4.69, 9.17) is 5.84 Å². The molecule has 1 unspecified atom stereocenters. The molecule has 29 heavy (non-hydrogen) atoms. The van der Waals surface area contributed by atoms with Crippen molar-refractivity contribution in [1.29, 1.82) is 0 Å². The number of fused-ring (bicyclic) bond motifs is 1. The maximum absolute atomic E-state index is 13.2. The van der Waals surface area contributed by atoms with Crippen molar-refractivity contribution in [1.82, 2.24) is 10.2 Å². The van der Waals surface area contributed by atoms with Crippen molar-refractivity contribution in [3.05, 3.63) is 53.3 Å². The molecule has 0 bridgehead atoms. The third-order valence-electron chi connectivity index (χ3n) is 5.03. The number of allylic oxidation sites excluding steroid dienone is 2. The molecule has 7 heteroatoms. The van der Waals surface area contributed by atoms with Crippen molar-refractivity contribution in [2.75, 3.05) is 25.0 Å². The van der Waals surface area contributed by atoms with Gasteiger partial charge in [-0.25, -0.2) is 0 Å². The van der Waals surface area contributed by atoms with Gasteiger partial charge in [0.2, 0.25) is 5.91 Å². The van der Waals surface area contributed by atoms with Crippen molar-refractivity contribution in [2.24, 2.45) is 16.2 Å². The number of rotatable bonds is 7.